The van der Waals surface area contributed by atoms with E-state index in [1.807, 2.05) is 12.3 Å². The fourth-order valence-corrected chi connectivity index (χ4v) is 3.23. The van der Waals surface area contributed by atoms with Gasteiger partial charge < -0.3 is 20.3 Å². The minimum absolute atomic E-state index is 0.0862. The van der Waals surface area contributed by atoms with Crippen molar-refractivity contribution in [3.05, 3.63) is 56.6 Å². The van der Waals surface area contributed by atoms with Crippen molar-refractivity contribution in [2.75, 3.05) is 18.4 Å². The Morgan fingerprint density at radius 2 is 1.94 bits per heavy atom. The number of aromatic hydroxyl groups is 1. The lowest BCUT2D eigenvalue weighted by molar-refractivity contribution is -0.384. The van der Waals surface area contributed by atoms with Crippen molar-refractivity contribution in [3.63, 3.8) is 0 Å². The first-order chi connectivity index (χ1) is 15.1. The Hall–Kier alpha value is -3.96. The predicted molar refractivity (Wildman–Crippen MR) is 105 cm³/mol. The number of hydrogen-bond acceptors (Lipinski definition) is 7. The van der Waals surface area contributed by atoms with E-state index in [1.54, 1.807) is 12.1 Å². The van der Waals surface area contributed by atoms with Gasteiger partial charge in [0.1, 0.15) is 5.97 Å². The van der Waals surface area contributed by atoms with Crippen LogP contribution >= 0.6 is 0 Å². The molecule has 0 amide bonds. The van der Waals surface area contributed by atoms with Crippen LogP contribution in [0.3, 0.4) is 0 Å². The monoisotopic (exact) mass is 450 g/mol. The molecule has 2 aromatic carbocycles. The van der Waals surface area contributed by atoms with E-state index < -0.39 is 17.1 Å². The number of carbonyl (C=O) groups excluding carboxylic acids is 1. The van der Waals surface area contributed by atoms with Gasteiger partial charge in [-0.3, -0.25) is 15.1 Å². The molecule has 9 nitrogen and oxygen atoms in total. The zero-order valence-corrected chi connectivity index (χ0v) is 16.4. The number of carboxylic acid groups (broad SMARTS) is 1. The summed E-state index contributed by atoms with van der Waals surface area (Å²) in [4.78, 5) is 26.7. The molecule has 2 aliphatic heterocycles. The van der Waals surface area contributed by atoms with E-state index >= 15 is 0 Å². The molecule has 2 heterocycles. The minimum Gasteiger partial charge on any atom is -0.542 e. The predicted octanol–water partition coefficient (Wildman–Crippen LogP) is -0.776. The number of nitrogens with one attached hydrogen (secondary N) is 2. The lowest BCUT2D eigenvalue weighted by Gasteiger charge is -2.10. The van der Waals surface area contributed by atoms with Crippen LogP contribution in [0, 0.1) is 10.1 Å². The van der Waals surface area contributed by atoms with Gasteiger partial charge in [0.25, 0.3) is 11.4 Å². The van der Waals surface area contributed by atoms with Gasteiger partial charge in [-0.25, -0.2) is 4.99 Å². The summed E-state index contributed by atoms with van der Waals surface area (Å²) in [6.07, 6.45) is -1.68. The second kappa shape index (κ2) is 9.04. The molecule has 0 unspecified atom stereocenters. The Labute approximate surface area is 178 Å². The van der Waals surface area contributed by atoms with Gasteiger partial charge in [0, 0.05) is 30.8 Å². The van der Waals surface area contributed by atoms with E-state index in [0.717, 1.165) is 29.1 Å². The standard InChI is InChI=1S/C18H16N4O3.C2HF3O2/c23-18-15(9-14-16-12(6-8-19-14)10-21-17(16)18)20-7-5-11-1-3-13(4-2-11)22(24)25;3-2(4,5)1(6)7/h1-4,9-10,20,23H,5-8H2;(H,6,7). The molecule has 0 aliphatic carbocycles. The number of phenols is 1. The van der Waals surface area contributed by atoms with Crippen LogP contribution in [0.1, 0.15) is 12.0 Å². The molecule has 0 atom stereocenters. The molecule has 0 spiro atoms. The zero-order valence-electron chi connectivity index (χ0n) is 16.4. The smallest absolute Gasteiger partial charge is 0.430 e. The van der Waals surface area contributed by atoms with Crippen molar-refractivity contribution in [1.29, 1.82) is 0 Å². The lowest BCUT2D eigenvalue weighted by atomic mass is 10.1. The zero-order chi connectivity index (χ0) is 23.5. The number of phenolic OH excluding ortho intramolecular Hbond substituents is 1. The van der Waals surface area contributed by atoms with Crippen LogP contribution in [0.5, 0.6) is 5.75 Å². The highest BCUT2D eigenvalue weighted by molar-refractivity contribution is 6.02. The fourth-order valence-electron chi connectivity index (χ4n) is 3.23. The SMILES string of the molecule is O=C([O-])C(F)(F)F.O=[N+]([O-])c1ccc(CCNc2cc3c4c(c2O)[NH+]=CC=4CCN=3)cc1. The van der Waals surface area contributed by atoms with E-state index in [4.69, 9.17) is 9.90 Å². The molecule has 3 N–H and O–H groups in total. The van der Waals surface area contributed by atoms with E-state index in [-0.39, 0.29) is 11.4 Å². The average Bonchev–Trinajstić information content (AvgIpc) is 3.17. The molecular formula is C20H17F3N4O5. The third-order valence-electron chi connectivity index (χ3n) is 4.76. The number of non-ortho nitro benzene ring substituents is 1. The van der Waals surface area contributed by atoms with Crippen LogP contribution in [-0.4, -0.2) is 41.5 Å². The molecular weight excluding hydrogens is 433 g/mol. The van der Waals surface area contributed by atoms with Gasteiger partial charge >= 0.3 is 6.18 Å². The van der Waals surface area contributed by atoms with Gasteiger partial charge in [-0.05, 0) is 24.5 Å². The molecule has 4 rings (SSSR count). The number of benzene rings is 2. The topological polar surface area (TPSA) is 142 Å². The maximum atomic E-state index is 10.7. The number of carboxylic acids is 1. The largest absolute Gasteiger partial charge is 0.542 e. The molecule has 0 fully saturated rings. The van der Waals surface area contributed by atoms with Gasteiger partial charge in [-0.1, -0.05) is 12.1 Å². The molecule has 2 aromatic rings. The second-order valence-electron chi connectivity index (χ2n) is 6.87. The number of halogens is 3. The summed E-state index contributed by atoms with van der Waals surface area (Å²) in [5.41, 5.74) is 3.62. The number of nitrogens with zero attached hydrogens (tertiary/aromatic N) is 2. The summed E-state index contributed by atoms with van der Waals surface area (Å²) in [5.74, 6) is -2.81. The molecule has 0 saturated heterocycles. The number of anilines is 1. The Morgan fingerprint density at radius 3 is 2.53 bits per heavy atom. The number of carbonyl (C=O) groups is 1. The van der Waals surface area contributed by atoms with E-state index in [2.05, 4.69) is 15.3 Å². The van der Waals surface area contributed by atoms with Gasteiger partial charge in [0.2, 0.25) is 5.75 Å². The normalized spacial score (nSPS) is 13.5. The first-order valence-electron chi connectivity index (χ1n) is 9.36. The molecule has 0 radical (unpaired) electrons. The Balaban J connectivity index is 0.000000360. The summed E-state index contributed by atoms with van der Waals surface area (Å²) in [7, 11) is 0. The Bertz CT molecular complexity index is 1210. The van der Waals surface area contributed by atoms with Crippen molar-refractivity contribution in [1.82, 2.24) is 0 Å². The van der Waals surface area contributed by atoms with E-state index in [9.17, 15) is 28.4 Å². The molecule has 0 aromatic heterocycles. The van der Waals surface area contributed by atoms with Gasteiger partial charge in [0.15, 0.2) is 6.21 Å². The minimum atomic E-state index is -5.19. The van der Waals surface area contributed by atoms with Crippen molar-refractivity contribution in [2.24, 2.45) is 4.99 Å². The number of aliphatic carboxylic acids is 1. The highest BCUT2D eigenvalue weighted by Crippen LogP contribution is 2.26. The number of nitro groups is 1. The summed E-state index contributed by atoms with van der Waals surface area (Å²) in [6, 6.07) is 8.38. The van der Waals surface area contributed by atoms with E-state index in [0.29, 0.717) is 24.3 Å². The third kappa shape index (κ3) is 5.02. The lowest BCUT2D eigenvalue weighted by Crippen LogP contribution is -2.61. The number of rotatable bonds is 5. The van der Waals surface area contributed by atoms with Gasteiger partial charge in [-0.15, -0.1) is 0 Å². The second-order valence-corrected chi connectivity index (χ2v) is 6.87. The summed E-state index contributed by atoms with van der Waals surface area (Å²) in [5, 5.41) is 35.1. The first kappa shape index (κ1) is 22.7. The van der Waals surface area contributed by atoms with E-state index in [1.165, 1.54) is 17.7 Å². The third-order valence-corrected chi connectivity index (χ3v) is 4.76. The van der Waals surface area contributed by atoms with Crippen LogP contribution < -0.4 is 26.0 Å². The Morgan fingerprint density at radius 1 is 1.28 bits per heavy atom. The summed E-state index contributed by atoms with van der Waals surface area (Å²) in [6.45, 7) is 1.36. The van der Waals surface area contributed by atoms with Gasteiger partial charge in [-0.2, -0.15) is 13.2 Å². The molecule has 0 bridgehead atoms. The number of alkyl halides is 3. The highest BCUT2D eigenvalue weighted by Gasteiger charge is 2.29. The van der Waals surface area contributed by atoms with Crippen LogP contribution in [0.4, 0.5) is 30.2 Å². The average molecular weight is 450 g/mol. The molecule has 32 heavy (non-hydrogen) atoms. The fraction of sp³-hybridized carbons (Fsp3) is 0.250. The van der Waals surface area contributed by atoms with Crippen LogP contribution in [0.15, 0.2) is 35.3 Å². The van der Waals surface area contributed by atoms with Crippen molar-refractivity contribution in [3.8, 4) is 5.75 Å². The maximum Gasteiger partial charge on any atom is 0.430 e. The number of nitro benzene ring substituents is 1. The van der Waals surface area contributed by atoms with Crippen LogP contribution in [0.2, 0.25) is 0 Å². The molecule has 168 valence electrons. The summed E-state index contributed by atoms with van der Waals surface area (Å²) >= 11 is 0. The van der Waals surface area contributed by atoms with Crippen LogP contribution in [-0.2, 0) is 11.2 Å². The highest BCUT2D eigenvalue weighted by atomic mass is 19.4. The van der Waals surface area contributed by atoms with Crippen molar-refractivity contribution < 1.29 is 38.1 Å². The Kier molecular flexibility index (Phi) is 6.42. The first-order valence-corrected chi connectivity index (χ1v) is 9.36. The van der Waals surface area contributed by atoms with Gasteiger partial charge in [0.05, 0.1) is 21.2 Å². The quantitative estimate of drug-likeness (QED) is 0.310. The maximum absolute atomic E-state index is 10.7. The van der Waals surface area contributed by atoms with Crippen molar-refractivity contribution >= 4 is 34.8 Å². The van der Waals surface area contributed by atoms with Crippen molar-refractivity contribution in [2.45, 2.75) is 19.0 Å². The number of hydrogen-bond donors (Lipinski definition) is 3. The van der Waals surface area contributed by atoms with Crippen LogP contribution in [0.25, 0.3) is 5.57 Å². The molecule has 12 heteroatoms. The summed E-state index contributed by atoms with van der Waals surface area (Å²) < 4.78 is 31.5. The molecule has 0 saturated carbocycles. The molecule has 2 aliphatic rings.